The van der Waals surface area contributed by atoms with Crippen LogP contribution >= 0.6 is 0 Å². The average molecular weight is 258 g/mol. The van der Waals surface area contributed by atoms with Gasteiger partial charge in [-0.2, -0.15) is 0 Å². The summed E-state index contributed by atoms with van der Waals surface area (Å²) in [5.41, 5.74) is 1.32. The molecule has 102 valence electrons. The summed E-state index contributed by atoms with van der Waals surface area (Å²) < 4.78 is 0. The van der Waals surface area contributed by atoms with Gasteiger partial charge in [0.05, 0.1) is 0 Å². The summed E-state index contributed by atoms with van der Waals surface area (Å²) in [6.45, 7) is 3.92. The van der Waals surface area contributed by atoms with E-state index in [9.17, 15) is 4.79 Å². The van der Waals surface area contributed by atoms with Gasteiger partial charge in [-0.05, 0) is 31.7 Å². The number of piperazine rings is 1. The highest BCUT2D eigenvalue weighted by Crippen LogP contribution is 2.32. The zero-order chi connectivity index (χ0) is 13.2. The van der Waals surface area contributed by atoms with E-state index in [1.807, 2.05) is 6.07 Å². The summed E-state index contributed by atoms with van der Waals surface area (Å²) >= 11 is 0. The molecule has 1 amide bonds. The molecule has 2 fully saturated rings. The van der Waals surface area contributed by atoms with Crippen LogP contribution in [0.3, 0.4) is 0 Å². The summed E-state index contributed by atoms with van der Waals surface area (Å²) in [7, 11) is 0. The Morgan fingerprint density at radius 2 is 2.05 bits per heavy atom. The molecule has 3 heteroatoms. The lowest BCUT2D eigenvalue weighted by Crippen LogP contribution is -2.58. The molecule has 0 spiro atoms. The molecular weight excluding hydrogens is 236 g/mol. The Hall–Kier alpha value is -1.35. The Balaban J connectivity index is 1.71. The van der Waals surface area contributed by atoms with Gasteiger partial charge >= 0.3 is 0 Å². The molecule has 0 bridgehead atoms. The second kappa shape index (κ2) is 5.33. The topological polar surface area (TPSA) is 32.3 Å². The molecule has 2 atom stereocenters. The second-order valence-electron chi connectivity index (χ2n) is 5.92. The van der Waals surface area contributed by atoms with Gasteiger partial charge in [0.2, 0.25) is 5.91 Å². The van der Waals surface area contributed by atoms with Crippen LogP contribution in [0, 0.1) is 5.92 Å². The van der Waals surface area contributed by atoms with Gasteiger partial charge < -0.3 is 10.2 Å². The Bertz CT molecular complexity index is 441. The summed E-state index contributed by atoms with van der Waals surface area (Å²) in [6, 6.07) is 11.2. The third-order valence-corrected chi connectivity index (χ3v) is 4.14. The monoisotopic (exact) mass is 258 g/mol. The van der Waals surface area contributed by atoms with Crippen LogP contribution in [0.15, 0.2) is 30.3 Å². The zero-order valence-corrected chi connectivity index (χ0v) is 11.5. The molecule has 3 rings (SSSR count). The molecule has 2 unspecified atom stereocenters. The van der Waals surface area contributed by atoms with E-state index in [1.54, 1.807) is 0 Å². The first kappa shape index (κ1) is 12.7. The molecule has 0 radical (unpaired) electrons. The maximum Gasteiger partial charge on any atom is 0.226 e. The molecule has 1 aromatic rings. The van der Waals surface area contributed by atoms with Gasteiger partial charge in [0.1, 0.15) is 0 Å². The molecule has 1 heterocycles. The van der Waals surface area contributed by atoms with Crippen LogP contribution in [0.2, 0.25) is 0 Å². The minimum absolute atomic E-state index is 0.312. The van der Waals surface area contributed by atoms with Crippen LogP contribution in [-0.2, 0) is 11.2 Å². The molecule has 1 aromatic carbocycles. The first-order chi connectivity index (χ1) is 9.24. The normalized spacial score (nSPS) is 27.3. The fourth-order valence-electron chi connectivity index (χ4n) is 2.86. The van der Waals surface area contributed by atoms with Crippen molar-refractivity contribution in [2.45, 2.75) is 38.3 Å². The number of hydrogen-bond donors (Lipinski definition) is 1. The van der Waals surface area contributed by atoms with Crippen LogP contribution in [0.1, 0.15) is 25.3 Å². The summed E-state index contributed by atoms with van der Waals surface area (Å²) in [5, 5.41) is 3.50. The van der Waals surface area contributed by atoms with E-state index in [4.69, 9.17) is 0 Å². The van der Waals surface area contributed by atoms with Crippen LogP contribution in [-0.4, -0.2) is 36.0 Å². The highest BCUT2D eigenvalue weighted by molar-refractivity contribution is 5.81. The van der Waals surface area contributed by atoms with E-state index < -0.39 is 0 Å². The van der Waals surface area contributed by atoms with Crippen LogP contribution in [0.5, 0.6) is 0 Å². The third kappa shape index (κ3) is 2.98. The number of carbonyl (C=O) groups excluding carboxylic acids is 1. The summed E-state index contributed by atoms with van der Waals surface area (Å²) in [6.07, 6.45) is 3.14. The van der Waals surface area contributed by atoms with Crippen molar-refractivity contribution in [1.82, 2.24) is 10.2 Å². The first-order valence-electron chi connectivity index (χ1n) is 7.32. The standard InChI is InChI=1S/C16H22N2O/c1-12-11-18(16(19)14-7-8-14)15(10-17-12)9-13-5-3-2-4-6-13/h2-6,12,14-15,17H,7-11H2,1H3. The number of benzene rings is 1. The predicted octanol–water partition coefficient (Wildman–Crippen LogP) is 1.83. The van der Waals surface area contributed by atoms with E-state index in [2.05, 4.69) is 41.4 Å². The molecule has 2 aliphatic rings. The molecule has 1 N–H and O–H groups in total. The van der Waals surface area contributed by atoms with Crippen molar-refractivity contribution in [3.8, 4) is 0 Å². The Morgan fingerprint density at radius 3 is 2.74 bits per heavy atom. The number of nitrogens with zero attached hydrogens (tertiary/aromatic N) is 1. The fourth-order valence-corrected chi connectivity index (χ4v) is 2.86. The van der Waals surface area contributed by atoms with Gasteiger partial charge in [0.15, 0.2) is 0 Å². The predicted molar refractivity (Wildman–Crippen MR) is 75.8 cm³/mol. The molecule has 1 aliphatic carbocycles. The Labute approximate surface area is 115 Å². The smallest absolute Gasteiger partial charge is 0.226 e. The van der Waals surface area contributed by atoms with E-state index >= 15 is 0 Å². The SMILES string of the molecule is CC1CN(C(=O)C2CC2)C(Cc2ccccc2)CN1. The van der Waals surface area contributed by atoms with Crippen molar-refractivity contribution in [2.24, 2.45) is 5.92 Å². The first-order valence-corrected chi connectivity index (χ1v) is 7.32. The Morgan fingerprint density at radius 1 is 1.32 bits per heavy atom. The minimum Gasteiger partial charge on any atom is -0.336 e. The van der Waals surface area contributed by atoms with Crippen LogP contribution in [0.4, 0.5) is 0 Å². The van der Waals surface area contributed by atoms with E-state index in [-0.39, 0.29) is 0 Å². The van der Waals surface area contributed by atoms with E-state index in [1.165, 1.54) is 5.56 Å². The largest absolute Gasteiger partial charge is 0.336 e. The van der Waals surface area contributed by atoms with Crippen molar-refractivity contribution in [3.63, 3.8) is 0 Å². The quantitative estimate of drug-likeness (QED) is 0.897. The van der Waals surface area contributed by atoms with Crippen LogP contribution in [0.25, 0.3) is 0 Å². The summed E-state index contributed by atoms with van der Waals surface area (Å²) in [5.74, 6) is 0.706. The maximum absolute atomic E-state index is 12.4. The number of nitrogens with one attached hydrogen (secondary N) is 1. The van der Waals surface area contributed by atoms with Gasteiger partial charge in [-0.1, -0.05) is 30.3 Å². The van der Waals surface area contributed by atoms with Crippen molar-refractivity contribution in [2.75, 3.05) is 13.1 Å². The lowest BCUT2D eigenvalue weighted by molar-refractivity contribution is -0.136. The molecule has 19 heavy (non-hydrogen) atoms. The molecule has 1 saturated carbocycles. The highest BCUT2D eigenvalue weighted by Gasteiger charge is 2.38. The molecule has 1 saturated heterocycles. The second-order valence-corrected chi connectivity index (χ2v) is 5.92. The van der Waals surface area contributed by atoms with Gasteiger partial charge in [0, 0.05) is 31.1 Å². The zero-order valence-electron chi connectivity index (χ0n) is 11.5. The Kier molecular flexibility index (Phi) is 3.56. The van der Waals surface area contributed by atoms with Gasteiger partial charge in [-0.25, -0.2) is 0 Å². The fraction of sp³-hybridized carbons (Fsp3) is 0.562. The molecule has 1 aliphatic heterocycles. The van der Waals surface area contributed by atoms with E-state index in [0.717, 1.165) is 32.4 Å². The van der Waals surface area contributed by atoms with Crippen molar-refractivity contribution in [3.05, 3.63) is 35.9 Å². The van der Waals surface area contributed by atoms with Gasteiger partial charge in [0.25, 0.3) is 0 Å². The average Bonchev–Trinajstić information content (AvgIpc) is 3.26. The third-order valence-electron chi connectivity index (χ3n) is 4.14. The molecule has 3 nitrogen and oxygen atoms in total. The van der Waals surface area contributed by atoms with Gasteiger partial charge in [-0.3, -0.25) is 4.79 Å². The number of hydrogen-bond acceptors (Lipinski definition) is 2. The number of amides is 1. The van der Waals surface area contributed by atoms with Crippen LogP contribution < -0.4 is 5.32 Å². The molecular formula is C16H22N2O. The highest BCUT2D eigenvalue weighted by atomic mass is 16.2. The van der Waals surface area contributed by atoms with Crippen molar-refractivity contribution < 1.29 is 4.79 Å². The lowest BCUT2D eigenvalue weighted by atomic mass is 10.0. The van der Waals surface area contributed by atoms with Gasteiger partial charge in [-0.15, -0.1) is 0 Å². The lowest BCUT2D eigenvalue weighted by Gasteiger charge is -2.39. The van der Waals surface area contributed by atoms with Crippen molar-refractivity contribution in [1.29, 1.82) is 0 Å². The van der Waals surface area contributed by atoms with Crippen molar-refractivity contribution >= 4 is 5.91 Å². The number of rotatable bonds is 3. The maximum atomic E-state index is 12.4. The molecule has 0 aromatic heterocycles. The number of carbonyl (C=O) groups is 1. The minimum atomic E-state index is 0.312. The van der Waals surface area contributed by atoms with E-state index in [0.29, 0.717) is 23.9 Å². The summed E-state index contributed by atoms with van der Waals surface area (Å²) in [4.78, 5) is 14.5.